The van der Waals surface area contributed by atoms with E-state index >= 15 is 0 Å². The maximum absolute atomic E-state index is 12.0. The predicted molar refractivity (Wildman–Crippen MR) is 91.9 cm³/mol. The molecule has 0 aromatic heterocycles. The highest BCUT2D eigenvalue weighted by atomic mass is 35.5. The molecule has 1 aliphatic heterocycles. The van der Waals surface area contributed by atoms with Gasteiger partial charge in [0, 0.05) is 30.2 Å². The standard InChI is InChI=1S/C18H25ClN2O2/c19-14-5-7-17(8-6-14)23-13-18(22)20-15-9-11-21(12-10-15)16-3-1-2-4-16/h5-8,15-16H,1-4,9-13H2,(H,20,22). The van der Waals surface area contributed by atoms with Crippen molar-refractivity contribution in [1.82, 2.24) is 10.2 Å². The molecule has 1 N–H and O–H groups in total. The van der Waals surface area contributed by atoms with E-state index in [1.807, 2.05) is 0 Å². The van der Waals surface area contributed by atoms with Crippen molar-refractivity contribution in [3.05, 3.63) is 29.3 Å². The molecular weight excluding hydrogens is 312 g/mol. The fraction of sp³-hybridized carbons (Fsp3) is 0.611. The number of carbonyl (C=O) groups excluding carboxylic acids is 1. The summed E-state index contributed by atoms with van der Waals surface area (Å²) >= 11 is 5.82. The second kappa shape index (κ2) is 8.02. The van der Waals surface area contributed by atoms with Crippen LogP contribution in [0.1, 0.15) is 38.5 Å². The normalized spacial score (nSPS) is 20.6. The molecule has 0 atom stereocenters. The number of nitrogens with one attached hydrogen (secondary N) is 1. The first-order valence-electron chi connectivity index (χ1n) is 8.62. The molecule has 1 aliphatic carbocycles. The second-order valence-corrected chi connectivity index (χ2v) is 7.00. The van der Waals surface area contributed by atoms with E-state index in [0.29, 0.717) is 10.8 Å². The van der Waals surface area contributed by atoms with Gasteiger partial charge in [-0.1, -0.05) is 24.4 Å². The molecule has 1 aromatic carbocycles. The van der Waals surface area contributed by atoms with E-state index in [0.717, 1.165) is 32.0 Å². The first-order chi connectivity index (χ1) is 11.2. The summed E-state index contributed by atoms with van der Waals surface area (Å²) in [5.41, 5.74) is 0. The van der Waals surface area contributed by atoms with E-state index in [4.69, 9.17) is 16.3 Å². The van der Waals surface area contributed by atoms with Crippen LogP contribution in [0.15, 0.2) is 24.3 Å². The van der Waals surface area contributed by atoms with Crippen molar-refractivity contribution in [2.75, 3.05) is 19.7 Å². The molecule has 5 heteroatoms. The lowest BCUT2D eigenvalue weighted by Gasteiger charge is -2.36. The molecular formula is C18H25ClN2O2. The largest absolute Gasteiger partial charge is 0.484 e. The number of amides is 1. The monoisotopic (exact) mass is 336 g/mol. The Morgan fingerprint density at radius 2 is 1.78 bits per heavy atom. The number of rotatable bonds is 5. The number of nitrogens with zero attached hydrogens (tertiary/aromatic N) is 1. The third kappa shape index (κ3) is 4.85. The molecule has 2 aliphatic rings. The van der Waals surface area contributed by atoms with Gasteiger partial charge in [-0.2, -0.15) is 0 Å². The highest BCUT2D eigenvalue weighted by molar-refractivity contribution is 6.30. The smallest absolute Gasteiger partial charge is 0.258 e. The maximum atomic E-state index is 12.0. The van der Waals surface area contributed by atoms with Crippen LogP contribution < -0.4 is 10.1 Å². The average Bonchev–Trinajstić information content (AvgIpc) is 3.09. The van der Waals surface area contributed by atoms with Crippen LogP contribution in [0.5, 0.6) is 5.75 Å². The molecule has 2 fully saturated rings. The molecule has 1 aromatic rings. The molecule has 4 nitrogen and oxygen atoms in total. The molecule has 1 saturated heterocycles. The number of halogens is 1. The van der Waals surface area contributed by atoms with E-state index in [-0.39, 0.29) is 18.6 Å². The van der Waals surface area contributed by atoms with Gasteiger partial charge in [0.1, 0.15) is 5.75 Å². The highest BCUT2D eigenvalue weighted by Gasteiger charge is 2.27. The van der Waals surface area contributed by atoms with Gasteiger partial charge >= 0.3 is 0 Å². The number of hydrogen-bond acceptors (Lipinski definition) is 3. The summed E-state index contributed by atoms with van der Waals surface area (Å²) < 4.78 is 5.49. The summed E-state index contributed by atoms with van der Waals surface area (Å²) in [4.78, 5) is 14.6. The number of piperidine rings is 1. The van der Waals surface area contributed by atoms with Crippen molar-refractivity contribution < 1.29 is 9.53 Å². The third-order valence-corrected chi connectivity index (χ3v) is 5.17. The predicted octanol–water partition coefficient (Wildman–Crippen LogP) is 3.24. The van der Waals surface area contributed by atoms with Gasteiger partial charge in [-0.25, -0.2) is 0 Å². The number of hydrogen-bond donors (Lipinski definition) is 1. The Labute approximate surface area is 143 Å². The molecule has 1 amide bonds. The zero-order valence-electron chi connectivity index (χ0n) is 13.5. The number of likely N-dealkylation sites (tertiary alicyclic amines) is 1. The van der Waals surface area contributed by atoms with Gasteiger partial charge in [-0.05, 0) is 49.9 Å². The van der Waals surface area contributed by atoms with Crippen molar-refractivity contribution in [3.8, 4) is 5.75 Å². The van der Waals surface area contributed by atoms with Crippen LogP contribution >= 0.6 is 11.6 Å². The van der Waals surface area contributed by atoms with Gasteiger partial charge in [-0.15, -0.1) is 0 Å². The lowest BCUT2D eigenvalue weighted by molar-refractivity contribution is -0.124. The topological polar surface area (TPSA) is 41.6 Å². The molecule has 3 rings (SSSR count). The molecule has 0 spiro atoms. The van der Waals surface area contributed by atoms with Crippen LogP contribution in [0.4, 0.5) is 0 Å². The van der Waals surface area contributed by atoms with Gasteiger partial charge in [0.25, 0.3) is 5.91 Å². The van der Waals surface area contributed by atoms with E-state index in [1.165, 1.54) is 25.7 Å². The van der Waals surface area contributed by atoms with Gasteiger partial charge in [-0.3, -0.25) is 4.79 Å². The zero-order valence-corrected chi connectivity index (χ0v) is 14.2. The summed E-state index contributed by atoms with van der Waals surface area (Å²) in [5, 5.41) is 3.76. The van der Waals surface area contributed by atoms with Crippen LogP contribution in [0.3, 0.4) is 0 Å². The Bertz CT molecular complexity index is 506. The summed E-state index contributed by atoms with van der Waals surface area (Å²) in [6, 6.07) is 8.14. The minimum absolute atomic E-state index is 0.0423. The Morgan fingerprint density at radius 1 is 1.13 bits per heavy atom. The van der Waals surface area contributed by atoms with Gasteiger partial charge in [0.2, 0.25) is 0 Å². The average molecular weight is 337 g/mol. The first-order valence-corrected chi connectivity index (χ1v) is 9.00. The second-order valence-electron chi connectivity index (χ2n) is 6.56. The van der Waals surface area contributed by atoms with Crippen LogP contribution in [0.25, 0.3) is 0 Å². The summed E-state index contributed by atoms with van der Waals surface area (Å²) in [7, 11) is 0. The van der Waals surface area contributed by atoms with E-state index in [1.54, 1.807) is 24.3 Å². The first kappa shape index (κ1) is 16.6. The van der Waals surface area contributed by atoms with Crippen molar-refractivity contribution in [2.24, 2.45) is 0 Å². The molecule has 0 radical (unpaired) electrons. The minimum Gasteiger partial charge on any atom is -0.484 e. The van der Waals surface area contributed by atoms with Crippen molar-refractivity contribution >= 4 is 17.5 Å². The molecule has 0 unspecified atom stereocenters. The van der Waals surface area contributed by atoms with Gasteiger partial charge in [0.05, 0.1) is 0 Å². The quantitative estimate of drug-likeness (QED) is 0.897. The Kier molecular flexibility index (Phi) is 5.79. The molecule has 23 heavy (non-hydrogen) atoms. The number of carbonyl (C=O) groups is 1. The van der Waals surface area contributed by atoms with E-state index in [2.05, 4.69) is 10.2 Å². The van der Waals surface area contributed by atoms with Crippen molar-refractivity contribution in [1.29, 1.82) is 0 Å². The molecule has 126 valence electrons. The number of benzene rings is 1. The van der Waals surface area contributed by atoms with Crippen molar-refractivity contribution in [2.45, 2.75) is 50.6 Å². The molecule has 1 saturated carbocycles. The SMILES string of the molecule is O=C(COc1ccc(Cl)cc1)NC1CCN(C2CCCC2)CC1. The maximum Gasteiger partial charge on any atom is 0.258 e. The molecule has 0 bridgehead atoms. The van der Waals surface area contributed by atoms with Crippen LogP contribution in [-0.4, -0.2) is 42.6 Å². The Hall–Kier alpha value is -1.26. The minimum atomic E-state index is -0.0423. The molecule has 1 heterocycles. The lowest BCUT2D eigenvalue weighted by atomic mass is 10.0. The zero-order chi connectivity index (χ0) is 16.1. The van der Waals surface area contributed by atoms with Gasteiger partial charge in [0.15, 0.2) is 6.61 Å². The lowest BCUT2D eigenvalue weighted by Crippen LogP contribution is -2.48. The Morgan fingerprint density at radius 3 is 2.43 bits per heavy atom. The van der Waals surface area contributed by atoms with Crippen LogP contribution in [0.2, 0.25) is 5.02 Å². The fourth-order valence-electron chi connectivity index (χ4n) is 3.63. The van der Waals surface area contributed by atoms with E-state index < -0.39 is 0 Å². The third-order valence-electron chi connectivity index (χ3n) is 4.92. The van der Waals surface area contributed by atoms with Crippen LogP contribution in [-0.2, 0) is 4.79 Å². The fourth-order valence-corrected chi connectivity index (χ4v) is 3.75. The highest BCUT2D eigenvalue weighted by Crippen LogP contribution is 2.26. The number of ether oxygens (including phenoxy) is 1. The van der Waals surface area contributed by atoms with Crippen LogP contribution in [0, 0.1) is 0 Å². The summed E-state index contributed by atoms with van der Waals surface area (Å²) in [6.45, 7) is 2.27. The van der Waals surface area contributed by atoms with Gasteiger partial charge < -0.3 is 15.0 Å². The van der Waals surface area contributed by atoms with Crippen molar-refractivity contribution in [3.63, 3.8) is 0 Å². The van der Waals surface area contributed by atoms with E-state index in [9.17, 15) is 4.79 Å². The summed E-state index contributed by atoms with van der Waals surface area (Å²) in [5.74, 6) is 0.625. The Balaban J connectivity index is 1.36. The summed E-state index contributed by atoms with van der Waals surface area (Å²) in [6.07, 6.45) is 7.55.